The van der Waals surface area contributed by atoms with Gasteiger partial charge in [0, 0.05) is 36.9 Å². The van der Waals surface area contributed by atoms with E-state index < -0.39 is 0 Å². The van der Waals surface area contributed by atoms with Gasteiger partial charge in [-0.2, -0.15) is 0 Å². The fourth-order valence-electron chi connectivity index (χ4n) is 4.76. The molecule has 0 spiro atoms. The molecular formula is C28H40FN3O2. The van der Waals surface area contributed by atoms with Gasteiger partial charge in [-0.1, -0.05) is 58.6 Å². The summed E-state index contributed by atoms with van der Waals surface area (Å²) in [5.74, 6) is -0.286. The van der Waals surface area contributed by atoms with Gasteiger partial charge in [0.05, 0.1) is 13.1 Å². The van der Waals surface area contributed by atoms with Gasteiger partial charge in [0.2, 0.25) is 11.8 Å². The molecule has 1 aliphatic rings. The van der Waals surface area contributed by atoms with Crippen LogP contribution in [0.2, 0.25) is 0 Å². The summed E-state index contributed by atoms with van der Waals surface area (Å²) < 4.78 is 15.5. The van der Waals surface area contributed by atoms with Crippen molar-refractivity contribution in [3.8, 4) is 0 Å². The standard InChI is InChI=1S/C28H40FN3O2/c1-4-5-17-31(28(34)22(2)3)21-27(33)32(25-10-7-6-8-11-25)20-26-12-9-18-30(26)19-23-13-15-24(29)16-14-23/h9,12-16,18,22,25H,4-8,10-11,17,19-21H2,1-3H3. The Morgan fingerprint density at radius 3 is 2.44 bits per heavy atom. The molecule has 1 aliphatic carbocycles. The van der Waals surface area contributed by atoms with Crippen LogP contribution < -0.4 is 0 Å². The fraction of sp³-hybridized carbons (Fsp3) is 0.571. The van der Waals surface area contributed by atoms with Crippen LogP contribution in [0, 0.1) is 11.7 Å². The van der Waals surface area contributed by atoms with Gasteiger partial charge in [0.1, 0.15) is 5.82 Å². The largest absolute Gasteiger partial charge is 0.345 e. The number of nitrogens with zero attached hydrogens (tertiary/aromatic N) is 3. The van der Waals surface area contributed by atoms with Gasteiger partial charge in [0.25, 0.3) is 0 Å². The Bertz CT molecular complexity index is 916. The Morgan fingerprint density at radius 2 is 1.79 bits per heavy atom. The van der Waals surface area contributed by atoms with Gasteiger partial charge in [0.15, 0.2) is 0 Å². The van der Waals surface area contributed by atoms with E-state index in [-0.39, 0.29) is 36.1 Å². The smallest absolute Gasteiger partial charge is 0.242 e. The zero-order chi connectivity index (χ0) is 24.5. The molecule has 1 aromatic heterocycles. The average molecular weight is 470 g/mol. The van der Waals surface area contributed by atoms with Crippen LogP contribution in [0.5, 0.6) is 0 Å². The molecule has 1 saturated carbocycles. The lowest BCUT2D eigenvalue weighted by Crippen LogP contribution is -2.48. The summed E-state index contributed by atoms with van der Waals surface area (Å²) in [5.41, 5.74) is 2.07. The normalized spacial score (nSPS) is 14.4. The predicted octanol–water partition coefficient (Wildman–Crippen LogP) is 5.62. The molecule has 0 unspecified atom stereocenters. The van der Waals surface area contributed by atoms with Gasteiger partial charge in [-0.3, -0.25) is 9.59 Å². The van der Waals surface area contributed by atoms with E-state index >= 15 is 0 Å². The van der Waals surface area contributed by atoms with Gasteiger partial charge in [-0.15, -0.1) is 0 Å². The number of benzene rings is 1. The number of amides is 2. The van der Waals surface area contributed by atoms with E-state index in [2.05, 4.69) is 17.6 Å². The first kappa shape index (κ1) is 26.0. The molecule has 1 heterocycles. The molecule has 1 aromatic carbocycles. The monoisotopic (exact) mass is 469 g/mol. The third kappa shape index (κ3) is 7.18. The first-order valence-electron chi connectivity index (χ1n) is 12.9. The number of carbonyl (C=O) groups is 2. The van der Waals surface area contributed by atoms with Crippen LogP contribution in [0.3, 0.4) is 0 Å². The second-order valence-corrected chi connectivity index (χ2v) is 9.84. The van der Waals surface area contributed by atoms with Crippen molar-refractivity contribution in [2.45, 2.75) is 84.8 Å². The summed E-state index contributed by atoms with van der Waals surface area (Å²) >= 11 is 0. The summed E-state index contributed by atoms with van der Waals surface area (Å²) in [5, 5.41) is 0. The lowest BCUT2D eigenvalue weighted by Gasteiger charge is -2.36. The van der Waals surface area contributed by atoms with Crippen LogP contribution in [0.4, 0.5) is 4.39 Å². The molecule has 186 valence electrons. The maximum atomic E-state index is 13.7. The van der Waals surface area contributed by atoms with Crippen LogP contribution in [0.15, 0.2) is 42.6 Å². The molecule has 6 heteroatoms. The average Bonchev–Trinajstić information content (AvgIpc) is 3.28. The van der Waals surface area contributed by atoms with E-state index in [0.717, 1.165) is 49.8 Å². The quantitative estimate of drug-likeness (QED) is 0.429. The van der Waals surface area contributed by atoms with Crippen molar-refractivity contribution in [1.82, 2.24) is 14.4 Å². The number of unbranched alkanes of at least 4 members (excludes halogenated alkanes) is 1. The fourth-order valence-corrected chi connectivity index (χ4v) is 4.76. The number of halogens is 1. The maximum Gasteiger partial charge on any atom is 0.242 e. The SMILES string of the molecule is CCCCN(CC(=O)N(Cc1cccn1Cc1ccc(F)cc1)C1CCCCC1)C(=O)C(C)C. The van der Waals surface area contributed by atoms with E-state index in [1.165, 1.54) is 18.6 Å². The van der Waals surface area contributed by atoms with Crippen molar-refractivity contribution >= 4 is 11.8 Å². The number of hydrogen-bond donors (Lipinski definition) is 0. The minimum absolute atomic E-state index is 0.0338. The van der Waals surface area contributed by atoms with Crippen LogP contribution in [0.1, 0.15) is 77.0 Å². The summed E-state index contributed by atoms with van der Waals surface area (Å²) in [6, 6.07) is 10.8. The van der Waals surface area contributed by atoms with Crippen molar-refractivity contribution in [1.29, 1.82) is 0 Å². The van der Waals surface area contributed by atoms with E-state index in [0.29, 0.717) is 19.6 Å². The minimum Gasteiger partial charge on any atom is -0.345 e. The van der Waals surface area contributed by atoms with E-state index in [4.69, 9.17) is 0 Å². The number of hydrogen-bond acceptors (Lipinski definition) is 2. The molecule has 1 fully saturated rings. The number of carbonyl (C=O) groups excluding carboxylic acids is 2. The predicted molar refractivity (Wildman–Crippen MR) is 134 cm³/mol. The molecule has 0 aliphatic heterocycles. The molecule has 0 radical (unpaired) electrons. The zero-order valence-electron chi connectivity index (χ0n) is 21.0. The molecule has 2 amide bonds. The second-order valence-electron chi connectivity index (χ2n) is 9.84. The van der Waals surface area contributed by atoms with Gasteiger partial charge >= 0.3 is 0 Å². The highest BCUT2D eigenvalue weighted by molar-refractivity contribution is 5.85. The van der Waals surface area contributed by atoms with Crippen molar-refractivity contribution in [3.63, 3.8) is 0 Å². The molecule has 2 aromatic rings. The Hall–Kier alpha value is -2.63. The Balaban J connectivity index is 1.78. The summed E-state index contributed by atoms with van der Waals surface area (Å²) in [4.78, 5) is 30.2. The highest BCUT2D eigenvalue weighted by Gasteiger charge is 2.29. The van der Waals surface area contributed by atoms with E-state index in [9.17, 15) is 14.0 Å². The Labute approximate surface area is 203 Å². The lowest BCUT2D eigenvalue weighted by atomic mass is 9.94. The molecule has 34 heavy (non-hydrogen) atoms. The minimum atomic E-state index is -0.242. The van der Waals surface area contributed by atoms with E-state index in [1.54, 1.807) is 17.0 Å². The lowest BCUT2D eigenvalue weighted by molar-refractivity contribution is -0.144. The summed E-state index contributed by atoms with van der Waals surface area (Å²) in [6.45, 7) is 7.81. The molecule has 3 rings (SSSR count). The number of rotatable bonds is 11. The highest BCUT2D eigenvalue weighted by atomic mass is 19.1. The Morgan fingerprint density at radius 1 is 1.09 bits per heavy atom. The third-order valence-corrected chi connectivity index (χ3v) is 6.77. The maximum absolute atomic E-state index is 13.7. The van der Waals surface area contributed by atoms with Crippen molar-refractivity contribution < 1.29 is 14.0 Å². The summed E-state index contributed by atoms with van der Waals surface area (Å²) in [6.07, 6.45) is 9.40. The Kier molecular flexibility index (Phi) is 9.73. The molecule has 0 atom stereocenters. The zero-order valence-corrected chi connectivity index (χ0v) is 21.0. The van der Waals surface area contributed by atoms with Crippen molar-refractivity contribution in [3.05, 3.63) is 59.7 Å². The van der Waals surface area contributed by atoms with Crippen LogP contribution >= 0.6 is 0 Å². The first-order valence-corrected chi connectivity index (χ1v) is 12.9. The van der Waals surface area contributed by atoms with Gasteiger partial charge in [-0.05, 0) is 49.1 Å². The molecule has 0 N–H and O–H groups in total. The van der Waals surface area contributed by atoms with Crippen LogP contribution in [0.25, 0.3) is 0 Å². The van der Waals surface area contributed by atoms with Crippen LogP contribution in [-0.4, -0.2) is 45.3 Å². The van der Waals surface area contributed by atoms with E-state index in [1.807, 2.05) is 31.0 Å². The van der Waals surface area contributed by atoms with Crippen LogP contribution in [-0.2, 0) is 22.7 Å². The van der Waals surface area contributed by atoms with Gasteiger partial charge in [-0.25, -0.2) is 4.39 Å². The highest BCUT2D eigenvalue weighted by Crippen LogP contribution is 2.25. The number of aromatic nitrogens is 1. The summed E-state index contributed by atoms with van der Waals surface area (Å²) in [7, 11) is 0. The topological polar surface area (TPSA) is 45.6 Å². The van der Waals surface area contributed by atoms with Crippen molar-refractivity contribution in [2.75, 3.05) is 13.1 Å². The molecule has 5 nitrogen and oxygen atoms in total. The first-order chi connectivity index (χ1) is 16.4. The molecule has 0 saturated heterocycles. The second kappa shape index (κ2) is 12.7. The molecular weight excluding hydrogens is 429 g/mol. The van der Waals surface area contributed by atoms with Crippen molar-refractivity contribution in [2.24, 2.45) is 5.92 Å². The van der Waals surface area contributed by atoms with Gasteiger partial charge < -0.3 is 14.4 Å². The molecule has 0 bridgehead atoms. The third-order valence-electron chi connectivity index (χ3n) is 6.77.